The Morgan fingerprint density at radius 2 is 2.00 bits per heavy atom. The Morgan fingerprint density at radius 3 is 2.64 bits per heavy atom. The summed E-state index contributed by atoms with van der Waals surface area (Å²) in [5.41, 5.74) is 7.68. The van der Waals surface area contributed by atoms with Crippen LogP contribution in [0.1, 0.15) is 48.0 Å². The number of unbranched alkanes of at least 4 members (excludes halogenated alkanes) is 1. The standard InChI is InChI=1S/C18H29BN2O4/c20-17(6-1-2-9-19(24)25)15-7-10-21(11-8-15)13-14-4-3-5-16(12-14)18(22)23/h3-5,12,15,17,24-25H,1-2,6-11,13,20H2,(H,22,23). The van der Waals surface area contributed by atoms with Crippen molar-refractivity contribution in [1.82, 2.24) is 4.90 Å². The lowest BCUT2D eigenvalue weighted by Gasteiger charge is -2.35. The fourth-order valence-corrected chi connectivity index (χ4v) is 3.54. The van der Waals surface area contributed by atoms with Crippen LogP contribution < -0.4 is 5.73 Å². The van der Waals surface area contributed by atoms with Crippen LogP contribution in [-0.4, -0.2) is 52.3 Å². The number of carboxylic acid groups (broad SMARTS) is 1. The second-order valence-corrected chi connectivity index (χ2v) is 7.05. The molecular weight excluding hydrogens is 319 g/mol. The van der Waals surface area contributed by atoms with Crippen LogP contribution >= 0.6 is 0 Å². The summed E-state index contributed by atoms with van der Waals surface area (Å²) in [7, 11) is -1.21. The highest BCUT2D eigenvalue weighted by Gasteiger charge is 2.24. The van der Waals surface area contributed by atoms with Crippen molar-refractivity contribution < 1.29 is 19.9 Å². The van der Waals surface area contributed by atoms with Gasteiger partial charge in [0.05, 0.1) is 5.56 Å². The van der Waals surface area contributed by atoms with Crippen molar-refractivity contribution in [2.45, 2.75) is 51.0 Å². The van der Waals surface area contributed by atoms with Gasteiger partial charge < -0.3 is 20.9 Å². The van der Waals surface area contributed by atoms with Gasteiger partial charge in [0, 0.05) is 12.6 Å². The minimum absolute atomic E-state index is 0.174. The minimum atomic E-state index is -1.21. The number of hydrogen-bond acceptors (Lipinski definition) is 5. The van der Waals surface area contributed by atoms with Gasteiger partial charge in [0.2, 0.25) is 0 Å². The van der Waals surface area contributed by atoms with Crippen molar-refractivity contribution in [2.75, 3.05) is 13.1 Å². The van der Waals surface area contributed by atoms with Gasteiger partial charge >= 0.3 is 13.1 Å². The van der Waals surface area contributed by atoms with Crippen LogP contribution in [0, 0.1) is 5.92 Å². The largest absolute Gasteiger partial charge is 0.478 e. The van der Waals surface area contributed by atoms with Gasteiger partial charge in [-0.15, -0.1) is 0 Å². The molecule has 138 valence electrons. The first-order valence-electron chi connectivity index (χ1n) is 9.12. The number of benzene rings is 1. The molecule has 1 aromatic rings. The number of hydrogen-bond donors (Lipinski definition) is 4. The van der Waals surface area contributed by atoms with Crippen molar-refractivity contribution in [1.29, 1.82) is 0 Å². The molecule has 5 N–H and O–H groups in total. The Kier molecular flexibility index (Phi) is 7.90. The Balaban J connectivity index is 1.72. The molecule has 6 nitrogen and oxygen atoms in total. The third-order valence-electron chi connectivity index (χ3n) is 5.07. The topological polar surface area (TPSA) is 107 Å². The van der Waals surface area contributed by atoms with E-state index in [2.05, 4.69) is 4.90 Å². The summed E-state index contributed by atoms with van der Waals surface area (Å²) < 4.78 is 0. The Labute approximate surface area is 149 Å². The molecule has 1 aliphatic heterocycles. The fraction of sp³-hybridized carbons (Fsp3) is 0.611. The molecule has 1 aliphatic rings. The van der Waals surface area contributed by atoms with E-state index in [4.69, 9.17) is 20.9 Å². The summed E-state index contributed by atoms with van der Waals surface area (Å²) in [5.74, 6) is -0.374. The zero-order valence-electron chi connectivity index (χ0n) is 14.7. The summed E-state index contributed by atoms with van der Waals surface area (Å²) in [6.45, 7) is 2.73. The molecule has 0 aromatic heterocycles. The maximum atomic E-state index is 11.1. The molecule has 0 radical (unpaired) electrons. The molecule has 0 saturated carbocycles. The number of nitrogens with zero attached hydrogens (tertiary/aromatic N) is 1. The zero-order valence-corrected chi connectivity index (χ0v) is 14.7. The first-order chi connectivity index (χ1) is 12.0. The lowest BCUT2D eigenvalue weighted by molar-refractivity contribution is 0.0696. The number of piperidine rings is 1. The van der Waals surface area contributed by atoms with Gasteiger partial charge in [-0.05, 0) is 62.3 Å². The van der Waals surface area contributed by atoms with Gasteiger partial charge in [-0.2, -0.15) is 0 Å². The molecule has 0 spiro atoms. The van der Waals surface area contributed by atoms with E-state index in [9.17, 15) is 4.79 Å². The molecule has 0 amide bonds. The molecule has 1 saturated heterocycles. The van der Waals surface area contributed by atoms with Gasteiger partial charge in [-0.25, -0.2) is 4.79 Å². The van der Waals surface area contributed by atoms with Crippen LogP contribution in [0.2, 0.25) is 6.32 Å². The molecule has 1 fully saturated rings. The molecule has 0 aliphatic carbocycles. The third kappa shape index (κ3) is 6.78. The predicted molar refractivity (Wildman–Crippen MR) is 98.2 cm³/mol. The van der Waals surface area contributed by atoms with Crippen molar-refractivity contribution >= 4 is 13.1 Å². The van der Waals surface area contributed by atoms with Gasteiger partial charge in [-0.1, -0.05) is 25.0 Å². The van der Waals surface area contributed by atoms with E-state index in [1.807, 2.05) is 6.07 Å². The number of aromatic carboxylic acids is 1. The molecule has 1 aromatic carbocycles. The smallest absolute Gasteiger partial charge is 0.451 e. The van der Waals surface area contributed by atoms with E-state index < -0.39 is 13.1 Å². The van der Waals surface area contributed by atoms with Crippen molar-refractivity contribution in [2.24, 2.45) is 11.7 Å². The van der Waals surface area contributed by atoms with E-state index in [1.54, 1.807) is 18.2 Å². The van der Waals surface area contributed by atoms with Gasteiger partial charge in [-0.3, -0.25) is 4.90 Å². The quantitative estimate of drug-likeness (QED) is 0.399. The highest BCUT2D eigenvalue weighted by Crippen LogP contribution is 2.24. The third-order valence-corrected chi connectivity index (χ3v) is 5.07. The highest BCUT2D eigenvalue weighted by molar-refractivity contribution is 6.40. The average molecular weight is 348 g/mol. The molecule has 1 atom stereocenters. The normalized spacial score (nSPS) is 17.4. The second-order valence-electron chi connectivity index (χ2n) is 7.05. The first kappa shape index (κ1) is 19.9. The maximum absolute atomic E-state index is 11.1. The Bertz CT molecular complexity index is 548. The van der Waals surface area contributed by atoms with Crippen LogP contribution in [-0.2, 0) is 6.54 Å². The van der Waals surface area contributed by atoms with E-state index in [0.29, 0.717) is 17.8 Å². The average Bonchev–Trinajstić information content (AvgIpc) is 2.59. The number of nitrogens with two attached hydrogens (primary N) is 1. The number of carbonyl (C=O) groups is 1. The predicted octanol–water partition coefficient (Wildman–Crippen LogP) is 1.57. The van der Waals surface area contributed by atoms with Crippen LogP contribution in [0.3, 0.4) is 0 Å². The van der Waals surface area contributed by atoms with Crippen LogP contribution in [0.15, 0.2) is 24.3 Å². The van der Waals surface area contributed by atoms with Gasteiger partial charge in [0.1, 0.15) is 0 Å². The monoisotopic (exact) mass is 348 g/mol. The van der Waals surface area contributed by atoms with Crippen molar-refractivity contribution in [3.63, 3.8) is 0 Å². The van der Waals surface area contributed by atoms with Crippen molar-refractivity contribution in [3.8, 4) is 0 Å². The Morgan fingerprint density at radius 1 is 1.28 bits per heavy atom. The molecular formula is C18H29BN2O4. The van der Waals surface area contributed by atoms with E-state index in [0.717, 1.165) is 57.3 Å². The molecule has 0 bridgehead atoms. The number of likely N-dealkylation sites (tertiary alicyclic amines) is 1. The molecule has 1 unspecified atom stereocenters. The second kappa shape index (κ2) is 9.92. The SMILES string of the molecule is NC(CCCCB(O)O)C1CCN(Cc2cccc(C(=O)O)c2)CC1. The van der Waals surface area contributed by atoms with E-state index in [-0.39, 0.29) is 6.04 Å². The molecule has 7 heteroatoms. The van der Waals surface area contributed by atoms with Crippen LogP contribution in [0.25, 0.3) is 0 Å². The van der Waals surface area contributed by atoms with Crippen molar-refractivity contribution in [3.05, 3.63) is 35.4 Å². The summed E-state index contributed by atoms with van der Waals surface area (Å²) in [6, 6.07) is 7.31. The lowest BCUT2D eigenvalue weighted by Crippen LogP contribution is -2.40. The number of carboxylic acids is 1. The van der Waals surface area contributed by atoms with E-state index >= 15 is 0 Å². The first-order valence-corrected chi connectivity index (χ1v) is 9.12. The van der Waals surface area contributed by atoms with E-state index in [1.165, 1.54) is 0 Å². The number of rotatable bonds is 9. The lowest BCUT2D eigenvalue weighted by atomic mass is 9.82. The summed E-state index contributed by atoms with van der Waals surface area (Å²) in [5, 5.41) is 26.8. The summed E-state index contributed by atoms with van der Waals surface area (Å²) in [6.07, 6.45) is 5.19. The highest BCUT2D eigenvalue weighted by atomic mass is 16.4. The summed E-state index contributed by atoms with van der Waals surface area (Å²) >= 11 is 0. The molecule has 25 heavy (non-hydrogen) atoms. The van der Waals surface area contributed by atoms with Crippen LogP contribution in [0.4, 0.5) is 0 Å². The molecule has 1 heterocycles. The van der Waals surface area contributed by atoms with Crippen LogP contribution in [0.5, 0.6) is 0 Å². The maximum Gasteiger partial charge on any atom is 0.451 e. The fourth-order valence-electron chi connectivity index (χ4n) is 3.54. The summed E-state index contributed by atoms with van der Waals surface area (Å²) in [4.78, 5) is 13.4. The zero-order chi connectivity index (χ0) is 18.2. The Hall–Kier alpha value is -1.41. The van der Waals surface area contributed by atoms with Gasteiger partial charge in [0.15, 0.2) is 0 Å². The minimum Gasteiger partial charge on any atom is -0.478 e. The van der Waals surface area contributed by atoms with Gasteiger partial charge in [0.25, 0.3) is 0 Å². The molecule has 2 rings (SSSR count).